The number of rotatable bonds is 9. The summed E-state index contributed by atoms with van der Waals surface area (Å²) in [6, 6.07) is 1.52. The van der Waals surface area contributed by atoms with Gasteiger partial charge in [0, 0.05) is 19.3 Å². The number of aromatic nitrogens is 3. The van der Waals surface area contributed by atoms with Gasteiger partial charge in [0.1, 0.15) is 11.3 Å². The summed E-state index contributed by atoms with van der Waals surface area (Å²) in [5.74, 6) is -1.11. The molecule has 0 aliphatic heterocycles. The second kappa shape index (κ2) is 9.65. The number of hydrogen-bond acceptors (Lipinski definition) is 6. The van der Waals surface area contributed by atoms with Crippen LogP contribution in [0.1, 0.15) is 54.5 Å². The lowest BCUT2D eigenvalue weighted by Gasteiger charge is -2.21. The van der Waals surface area contributed by atoms with E-state index in [1.807, 2.05) is 13.8 Å². The third-order valence-corrected chi connectivity index (χ3v) is 3.80. The molecule has 0 aromatic carbocycles. The van der Waals surface area contributed by atoms with Gasteiger partial charge < -0.3 is 15.0 Å². The predicted octanol–water partition coefficient (Wildman–Crippen LogP) is 1.28. The summed E-state index contributed by atoms with van der Waals surface area (Å²) >= 11 is 0. The molecule has 146 valence electrons. The number of amides is 2. The second-order valence-electron chi connectivity index (χ2n) is 5.92. The van der Waals surface area contributed by atoms with Crippen LogP contribution < -0.4 is 5.32 Å². The topological polar surface area (TPSA) is 106 Å². The maximum absolute atomic E-state index is 13.0. The molecule has 9 nitrogen and oxygen atoms in total. The van der Waals surface area contributed by atoms with Gasteiger partial charge in [-0.05, 0) is 25.8 Å². The van der Waals surface area contributed by atoms with Gasteiger partial charge in [-0.1, -0.05) is 13.8 Å². The van der Waals surface area contributed by atoms with Crippen molar-refractivity contribution in [2.75, 3.05) is 26.2 Å². The Balaban J connectivity index is 2.31. The Labute approximate surface area is 157 Å². The molecule has 2 heterocycles. The van der Waals surface area contributed by atoms with Crippen molar-refractivity contribution in [3.8, 4) is 0 Å². The first-order valence-electron chi connectivity index (χ1n) is 9.09. The zero-order valence-corrected chi connectivity index (χ0v) is 15.9. The SMILES string of the molecule is CCCNC(=O)CN(CCC)C(=O)c1ccnc2c(C(=O)OCC)cnn12. The number of carbonyl (C=O) groups is 3. The highest BCUT2D eigenvalue weighted by atomic mass is 16.5. The fourth-order valence-corrected chi connectivity index (χ4v) is 2.58. The largest absolute Gasteiger partial charge is 0.462 e. The monoisotopic (exact) mass is 375 g/mol. The Morgan fingerprint density at radius 3 is 2.67 bits per heavy atom. The zero-order valence-electron chi connectivity index (χ0n) is 15.9. The van der Waals surface area contributed by atoms with E-state index in [0.717, 1.165) is 6.42 Å². The van der Waals surface area contributed by atoms with Crippen molar-refractivity contribution in [3.05, 3.63) is 29.7 Å². The van der Waals surface area contributed by atoms with Crippen LogP contribution in [0.4, 0.5) is 0 Å². The van der Waals surface area contributed by atoms with E-state index >= 15 is 0 Å². The molecule has 27 heavy (non-hydrogen) atoms. The first kappa shape index (κ1) is 20.3. The van der Waals surface area contributed by atoms with E-state index < -0.39 is 5.97 Å². The minimum Gasteiger partial charge on any atom is -0.462 e. The highest BCUT2D eigenvalue weighted by Gasteiger charge is 2.23. The van der Waals surface area contributed by atoms with Crippen molar-refractivity contribution in [2.24, 2.45) is 0 Å². The summed E-state index contributed by atoms with van der Waals surface area (Å²) in [5.41, 5.74) is 0.660. The van der Waals surface area contributed by atoms with Crippen molar-refractivity contribution in [1.82, 2.24) is 24.8 Å². The Hall–Kier alpha value is -2.97. The average molecular weight is 375 g/mol. The molecule has 0 atom stereocenters. The maximum Gasteiger partial charge on any atom is 0.343 e. The molecule has 2 aromatic heterocycles. The fraction of sp³-hybridized carbons (Fsp3) is 0.500. The first-order chi connectivity index (χ1) is 13.0. The van der Waals surface area contributed by atoms with Gasteiger partial charge in [-0.2, -0.15) is 5.10 Å². The molecule has 0 radical (unpaired) electrons. The summed E-state index contributed by atoms with van der Waals surface area (Å²) in [6.45, 7) is 6.77. The van der Waals surface area contributed by atoms with Crippen molar-refractivity contribution in [1.29, 1.82) is 0 Å². The van der Waals surface area contributed by atoms with Crippen molar-refractivity contribution in [2.45, 2.75) is 33.6 Å². The van der Waals surface area contributed by atoms with Crippen LogP contribution in [0.3, 0.4) is 0 Å². The highest BCUT2D eigenvalue weighted by molar-refractivity contribution is 5.98. The van der Waals surface area contributed by atoms with Crippen LogP contribution in [0.5, 0.6) is 0 Å². The van der Waals surface area contributed by atoms with Crippen molar-refractivity contribution < 1.29 is 19.1 Å². The summed E-state index contributed by atoms with van der Waals surface area (Å²) in [4.78, 5) is 42.7. The molecule has 0 aliphatic carbocycles. The molecule has 0 spiro atoms. The summed E-state index contributed by atoms with van der Waals surface area (Å²) in [7, 11) is 0. The van der Waals surface area contributed by atoms with Crippen molar-refractivity contribution in [3.63, 3.8) is 0 Å². The summed E-state index contributed by atoms with van der Waals surface area (Å²) in [6.07, 6.45) is 4.29. The Kier molecular flexibility index (Phi) is 7.27. The number of nitrogens with one attached hydrogen (secondary N) is 1. The highest BCUT2D eigenvalue weighted by Crippen LogP contribution is 2.13. The van der Waals surface area contributed by atoms with Gasteiger partial charge in [0.25, 0.3) is 5.91 Å². The maximum atomic E-state index is 13.0. The number of ether oxygens (including phenoxy) is 1. The molecule has 0 unspecified atom stereocenters. The summed E-state index contributed by atoms with van der Waals surface area (Å²) in [5, 5.41) is 6.89. The Morgan fingerprint density at radius 1 is 1.22 bits per heavy atom. The van der Waals surface area contributed by atoms with Crippen molar-refractivity contribution >= 4 is 23.4 Å². The molecule has 0 saturated heterocycles. The minimum atomic E-state index is -0.547. The fourth-order valence-electron chi connectivity index (χ4n) is 2.58. The minimum absolute atomic E-state index is 0.0392. The quantitative estimate of drug-likeness (QED) is 0.662. The Bertz CT molecular complexity index is 817. The number of esters is 1. The smallest absolute Gasteiger partial charge is 0.343 e. The van der Waals surface area contributed by atoms with E-state index in [4.69, 9.17) is 4.74 Å². The van der Waals surface area contributed by atoms with Crippen LogP contribution in [-0.2, 0) is 9.53 Å². The third-order valence-electron chi connectivity index (χ3n) is 3.80. The molecule has 1 N–H and O–H groups in total. The van der Waals surface area contributed by atoms with Crippen LogP contribution in [0.2, 0.25) is 0 Å². The molecule has 0 fully saturated rings. The van der Waals surface area contributed by atoms with Gasteiger partial charge in [-0.25, -0.2) is 14.3 Å². The van der Waals surface area contributed by atoms with Gasteiger partial charge in [0.15, 0.2) is 5.65 Å². The lowest BCUT2D eigenvalue weighted by molar-refractivity contribution is -0.121. The molecular formula is C18H25N5O4. The van der Waals surface area contributed by atoms with Crippen LogP contribution in [0.15, 0.2) is 18.5 Å². The summed E-state index contributed by atoms with van der Waals surface area (Å²) < 4.78 is 6.30. The van der Waals surface area contributed by atoms with E-state index in [1.54, 1.807) is 6.92 Å². The van der Waals surface area contributed by atoms with Crippen LogP contribution in [-0.4, -0.2) is 63.5 Å². The second-order valence-corrected chi connectivity index (χ2v) is 5.92. The van der Waals surface area contributed by atoms with Crippen LogP contribution >= 0.6 is 0 Å². The molecule has 2 rings (SSSR count). The first-order valence-corrected chi connectivity index (χ1v) is 9.09. The van der Waals surface area contributed by atoms with E-state index in [2.05, 4.69) is 15.4 Å². The molecule has 0 bridgehead atoms. The molecule has 0 aliphatic rings. The van der Waals surface area contributed by atoms with Gasteiger partial charge in [-0.15, -0.1) is 0 Å². The number of fused-ring (bicyclic) bond motifs is 1. The van der Waals surface area contributed by atoms with Crippen LogP contribution in [0.25, 0.3) is 5.65 Å². The normalized spacial score (nSPS) is 10.6. The lowest BCUT2D eigenvalue weighted by atomic mass is 10.3. The number of nitrogens with zero attached hydrogens (tertiary/aromatic N) is 4. The lowest BCUT2D eigenvalue weighted by Crippen LogP contribution is -2.42. The molecule has 2 amide bonds. The zero-order chi connectivity index (χ0) is 19.8. The van der Waals surface area contributed by atoms with E-state index in [0.29, 0.717) is 19.5 Å². The Morgan fingerprint density at radius 2 is 2.00 bits per heavy atom. The van der Waals surface area contributed by atoms with Gasteiger partial charge >= 0.3 is 5.97 Å². The number of hydrogen-bond donors (Lipinski definition) is 1. The predicted molar refractivity (Wildman–Crippen MR) is 98.4 cm³/mol. The molecule has 9 heteroatoms. The molecular weight excluding hydrogens is 350 g/mol. The van der Waals surface area contributed by atoms with Gasteiger partial charge in [-0.3, -0.25) is 9.59 Å². The molecule has 2 aromatic rings. The van der Waals surface area contributed by atoms with Gasteiger partial charge in [0.05, 0.1) is 19.3 Å². The third kappa shape index (κ3) is 4.81. The standard InChI is InChI=1S/C18H25N5O4/c1-4-8-19-15(24)12-22(10-5-2)17(25)14-7-9-20-16-13(11-21-23(14)16)18(26)27-6-3/h7,9,11H,4-6,8,10,12H2,1-3H3,(H,19,24). The molecule has 0 saturated carbocycles. The van der Waals surface area contributed by atoms with Crippen LogP contribution in [0, 0.1) is 0 Å². The van der Waals surface area contributed by atoms with Gasteiger partial charge in [0.2, 0.25) is 5.91 Å². The van der Waals surface area contributed by atoms with E-state index in [9.17, 15) is 14.4 Å². The number of carbonyl (C=O) groups excluding carboxylic acids is 3. The van der Waals surface area contributed by atoms with E-state index in [-0.39, 0.29) is 41.9 Å². The van der Waals surface area contributed by atoms with E-state index in [1.165, 1.54) is 27.9 Å². The average Bonchev–Trinajstić information content (AvgIpc) is 3.10.